The molecule has 0 radical (unpaired) electrons. The van der Waals surface area contributed by atoms with Gasteiger partial charge in [-0.2, -0.15) is 0 Å². The van der Waals surface area contributed by atoms with Gasteiger partial charge in [0.05, 0.1) is 23.8 Å². The topological polar surface area (TPSA) is 55.8 Å². The molecule has 0 bridgehead atoms. The monoisotopic (exact) mass is 267 g/mol. The third-order valence-electron chi connectivity index (χ3n) is 2.53. The molecule has 0 atom stereocenters. The van der Waals surface area contributed by atoms with Crippen LogP contribution in [0.15, 0.2) is 5.38 Å². The van der Waals surface area contributed by atoms with Gasteiger partial charge in [0.15, 0.2) is 0 Å². The molecule has 96 valence electrons. The minimum absolute atomic E-state index is 0.341. The molecule has 0 aromatic carbocycles. The van der Waals surface area contributed by atoms with Crippen LogP contribution < -0.4 is 9.75 Å². The quantitative estimate of drug-likeness (QED) is 0.733. The van der Waals surface area contributed by atoms with Gasteiger partial charge in [0.1, 0.15) is 0 Å². The third kappa shape index (κ3) is 2.24. The van der Waals surface area contributed by atoms with E-state index in [2.05, 4.69) is 0 Å². The number of hydrogen-bond acceptors (Lipinski definition) is 5. The van der Waals surface area contributed by atoms with Gasteiger partial charge in [0, 0.05) is 23.3 Å². The standard InChI is InChI=1S/C12H13NO4S/c1-3-17-12(15)13-5-4-8-9(11(14)16-2)7-18-10(8)6-13/h4,6-7H,3,5H2,1-2H3. The van der Waals surface area contributed by atoms with Gasteiger partial charge in [0.2, 0.25) is 0 Å². The largest absolute Gasteiger partial charge is 0.465 e. The molecule has 1 aromatic heterocycles. The summed E-state index contributed by atoms with van der Waals surface area (Å²) in [5, 5.41) is 2.56. The summed E-state index contributed by atoms with van der Waals surface area (Å²) in [4.78, 5) is 24.6. The first-order valence-corrected chi connectivity index (χ1v) is 6.36. The molecule has 5 nitrogen and oxygen atoms in total. The summed E-state index contributed by atoms with van der Waals surface area (Å²) in [6.45, 7) is 2.50. The van der Waals surface area contributed by atoms with Crippen LogP contribution in [0, 0.1) is 0 Å². The number of hydrogen-bond donors (Lipinski definition) is 0. The fourth-order valence-corrected chi connectivity index (χ4v) is 2.65. The summed E-state index contributed by atoms with van der Waals surface area (Å²) in [5.41, 5.74) is 0.539. The number of rotatable bonds is 2. The molecule has 0 unspecified atom stereocenters. The van der Waals surface area contributed by atoms with Gasteiger partial charge in [-0.15, -0.1) is 11.3 Å². The van der Waals surface area contributed by atoms with E-state index in [1.54, 1.807) is 18.5 Å². The Bertz CT molecular complexity index is 590. The van der Waals surface area contributed by atoms with E-state index in [0.29, 0.717) is 18.7 Å². The molecular formula is C12H13NO4S. The molecule has 0 aliphatic carbocycles. The molecular weight excluding hydrogens is 254 g/mol. The fraction of sp³-hybridized carbons (Fsp3) is 0.333. The van der Waals surface area contributed by atoms with E-state index in [0.717, 1.165) is 9.75 Å². The summed E-state index contributed by atoms with van der Waals surface area (Å²) >= 11 is 1.40. The van der Waals surface area contributed by atoms with Gasteiger partial charge in [-0.3, -0.25) is 4.90 Å². The minimum atomic E-state index is -0.382. The highest BCUT2D eigenvalue weighted by molar-refractivity contribution is 7.08. The van der Waals surface area contributed by atoms with Crippen molar-refractivity contribution in [1.82, 2.24) is 4.90 Å². The first kappa shape index (κ1) is 12.6. The molecule has 6 heteroatoms. The van der Waals surface area contributed by atoms with E-state index < -0.39 is 0 Å². The Labute approximate surface area is 108 Å². The number of carbonyl (C=O) groups is 2. The Balaban J connectivity index is 2.34. The van der Waals surface area contributed by atoms with Crippen LogP contribution in [0.2, 0.25) is 0 Å². The van der Waals surface area contributed by atoms with E-state index in [4.69, 9.17) is 9.47 Å². The summed E-state index contributed by atoms with van der Waals surface area (Å²) in [5.74, 6) is -0.360. The predicted octanol–water partition coefficient (Wildman–Crippen LogP) is 0.525. The van der Waals surface area contributed by atoms with Crippen molar-refractivity contribution >= 4 is 35.7 Å². The molecule has 18 heavy (non-hydrogen) atoms. The zero-order chi connectivity index (χ0) is 13.1. The van der Waals surface area contributed by atoms with Crippen LogP contribution in [0.25, 0.3) is 12.3 Å². The lowest BCUT2D eigenvalue weighted by atomic mass is 10.2. The van der Waals surface area contributed by atoms with Crippen LogP contribution in [0.1, 0.15) is 17.3 Å². The lowest BCUT2D eigenvalue weighted by Crippen LogP contribution is -2.38. The Morgan fingerprint density at radius 2 is 2.28 bits per heavy atom. The van der Waals surface area contributed by atoms with Crippen LogP contribution in [-0.4, -0.2) is 37.2 Å². The fourth-order valence-electron chi connectivity index (χ4n) is 1.68. The number of fused-ring (bicyclic) bond motifs is 1. The molecule has 0 spiro atoms. The van der Waals surface area contributed by atoms with E-state index >= 15 is 0 Å². The SMILES string of the molecule is CCOC(=O)N1C=c2scc(C(=O)OC)c2=CC1. The molecule has 1 aliphatic rings. The second-order valence-electron chi connectivity index (χ2n) is 3.60. The van der Waals surface area contributed by atoms with E-state index in [1.807, 2.05) is 6.08 Å². The van der Waals surface area contributed by atoms with Gasteiger partial charge < -0.3 is 9.47 Å². The van der Waals surface area contributed by atoms with Gasteiger partial charge in [0.25, 0.3) is 0 Å². The maximum absolute atomic E-state index is 11.6. The number of methoxy groups -OCH3 is 1. The Morgan fingerprint density at radius 1 is 1.50 bits per heavy atom. The Morgan fingerprint density at radius 3 is 2.94 bits per heavy atom. The lowest BCUT2D eigenvalue weighted by molar-refractivity contribution is 0.0600. The maximum atomic E-state index is 11.6. The van der Waals surface area contributed by atoms with E-state index in [9.17, 15) is 9.59 Å². The molecule has 0 N–H and O–H groups in total. The van der Waals surface area contributed by atoms with Gasteiger partial charge >= 0.3 is 12.1 Å². The lowest BCUT2D eigenvalue weighted by Gasteiger charge is -2.17. The number of esters is 1. The number of nitrogens with zero attached hydrogens (tertiary/aromatic N) is 1. The second kappa shape index (κ2) is 5.22. The average molecular weight is 267 g/mol. The van der Waals surface area contributed by atoms with Crippen molar-refractivity contribution in [3.05, 3.63) is 20.7 Å². The molecule has 1 aliphatic heterocycles. The number of carbonyl (C=O) groups excluding carboxylic acids is 2. The van der Waals surface area contributed by atoms with Crippen molar-refractivity contribution in [2.24, 2.45) is 0 Å². The summed E-state index contributed by atoms with van der Waals surface area (Å²) in [6, 6.07) is 0. The first-order valence-electron chi connectivity index (χ1n) is 5.48. The van der Waals surface area contributed by atoms with E-state index in [-0.39, 0.29) is 12.1 Å². The highest BCUT2D eigenvalue weighted by Crippen LogP contribution is 2.03. The summed E-state index contributed by atoms with van der Waals surface area (Å²) < 4.78 is 10.5. The third-order valence-corrected chi connectivity index (χ3v) is 3.47. The van der Waals surface area contributed by atoms with Crippen molar-refractivity contribution < 1.29 is 19.1 Å². The predicted molar refractivity (Wildman–Crippen MR) is 67.6 cm³/mol. The van der Waals surface area contributed by atoms with Crippen LogP contribution in [0.5, 0.6) is 0 Å². The highest BCUT2D eigenvalue weighted by atomic mass is 32.1. The smallest absolute Gasteiger partial charge is 0.414 e. The molecule has 2 heterocycles. The number of amides is 1. The van der Waals surface area contributed by atoms with Crippen LogP contribution in [0.4, 0.5) is 4.79 Å². The van der Waals surface area contributed by atoms with Crippen LogP contribution in [0.3, 0.4) is 0 Å². The molecule has 2 rings (SSSR count). The molecule has 1 aromatic rings. The molecule has 0 fully saturated rings. The molecule has 0 saturated carbocycles. The Hall–Kier alpha value is -1.82. The van der Waals surface area contributed by atoms with Crippen molar-refractivity contribution in [2.75, 3.05) is 20.3 Å². The number of ether oxygens (including phenoxy) is 2. The van der Waals surface area contributed by atoms with Gasteiger partial charge in [-0.05, 0) is 6.92 Å². The second-order valence-corrected chi connectivity index (χ2v) is 4.51. The van der Waals surface area contributed by atoms with Crippen molar-refractivity contribution in [2.45, 2.75) is 6.92 Å². The highest BCUT2D eigenvalue weighted by Gasteiger charge is 2.17. The molecule has 1 amide bonds. The normalized spacial score (nSPS) is 13.1. The Kier molecular flexibility index (Phi) is 3.66. The van der Waals surface area contributed by atoms with Crippen LogP contribution >= 0.6 is 11.3 Å². The average Bonchev–Trinajstić information content (AvgIpc) is 2.81. The summed E-state index contributed by atoms with van der Waals surface area (Å²) in [6.07, 6.45) is 3.15. The van der Waals surface area contributed by atoms with Gasteiger partial charge in [-0.25, -0.2) is 9.59 Å². The summed E-state index contributed by atoms with van der Waals surface area (Å²) in [7, 11) is 1.35. The van der Waals surface area contributed by atoms with Crippen LogP contribution in [-0.2, 0) is 9.47 Å². The van der Waals surface area contributed by atoms with Crippen molar-refractivity contribution in [3.63, 3.8) is 0 Å². The minimum Gasteiger partial charge on any atom is -0.465 e. The van der Waals surface area contributed by atoms with E-state index in [1.165, 1.54) is 23.3 Å². The van der Waals surface area contributed by atoms with Gasteiger partial charge in [-0.1, -0.05) is 6.08 Å². The zero-order valence-corrected chi connectivity index (χ0v) is 11.0. The van der Waals surface area contributed by atoms with Crippen molar-refractivity contribution in [3.8, 4) is 0 Å². The molecule has 0 saturated heterocycles. The maximum Gasteiger partial charge on any atom is 0.414 e. The number of thiophene rings is 1. The van der Waals surface area contributed by atoms with Crippen molar-refractivity contribution in [1.29, 1.82) is 0 Å². The first-order chi connectivity index (χ1) is 8.67. The zero-order valence-electron chi connectivity index (χ0n) is 10.1.